The van der Waals surface area contributed by atoms with E-state index in [0.29, 0.717) is 17.9 Å². The molecule has 0 radical (unpaired) electrons. The minimum atomic E-state index is -0.341. The van der Waals surface area contributed by atoms with Gasteiger partial charge in [-0.15, -0.1) is 0 Å². The highest BCUT2D eigenvalue weighted by Gasteiger charge is 2.30. The summed E-state index contributed by atoms with van der Waals surface area (Å²) in [6.45, 7) is 0.663. The molecule has 3 rings (SSSR count). The van der Waals surface area contributed by atoms with E-state index in [-0.39, 0.29) is 17.8 Å². The van der Waals surface area contributed by atoms with Gasteiger partial charge in [0.05, 0.1) is 24.1 Å². The fourth-order valence-electron chi connectivity index (χ4n) is 2.87. The average molecular weight is 326 g/mol. The van der Waals surface area contributed by atoms with Crippen LogP contribution in [0.3, 0.4) is 0 Å². The van der Waals surface area contributed by atoms with Crippen LogP contribution in [0.25, 0.3) is 6.08 Å². The van der Waals surface area contributed by atoms with Gasteiger partial charge in [-0.3, -0.25) is 9.78 Å². The summed E-state index contributed by atoms with van der Waals surface area (Å²) in [6.07, 6.45) is 8.03. The van der Waals surface area contributed by atoms with Crippen LogP contribution >= 0.6 is 0 Å². The number of hydrogen-bond donors (Lipinski definition) is 1. The van der Waals surface area contributed by atoms with E-state index in [4.69, 9.17) is 0 Å². The largest absolute Gasteiger partial charge is 0.372 e. The fourth-order valence-corrected chi connectivity index (χ4v) is 2.87. The Morgan fingerprint density at radius 3 is 3.00 bits per heavy atom. The molecule has 2 heterocycles. The van der Waals surface area contributed by atoms with Gasteiger partial charge in [0.1, 0.15) is 11.6 Å². The van der Waals surface area contributed by atoms with E-state index < -0.39 is 0 Å². The molecule has 0 spiro atoms. The van der Waals surface area contributed by atoms with E-state index in [1.165, 1.54) is 18.2 Å². The van der Waals surface area contributed by atoms with E-state index in [1.54, 1.807) is 42.5 Å². The number of hydrogen-bond acceptors (Lipinski definition) is 4. The summed E-state index contributed by atoms with van der Waals surface area (Å²) in [5.74, 6) is 0.193. The van der Waals surface area contributed by atoms with Crippen molar-refractivity contribution >= 4 is 17.8 Å². The molecule has 0 bridgehead atoms. The molecule has 0 unspecified atom stereocenters. The topological polar surface area (TPSA) is 58.1 Å². The summed E-state index contributed by atoms with van der Waals surface area (Å²) in [7, 11) is 1.78. The van der Waals surface area contributed by atoms with Gasteiger partial charge in [0, 0.05) is 25.2 Å². The van der Waals surface area contributed by atoms with Gasteiger partial charge in [-0.1, -0.05) is 18.2 Å². The molecular formula is C18H19FN4O. The van der Waals surface area contributed by atoms with E-state index in [2.05, 4.69) is 15.3 Å². The van der Waals surface area contributed by atoms with Crippen LogP contribution < -0.4 is 5.32 Å². The van der Waals surface area contributed by atoms with E-state index >= 15 is 0 Å². The average Bonchev–Trinajstić information content (AvgIpc) is 3.11. The molecular weight excluding hydrogens is 307 g/mol. The maximum Gasteiger partial charge on any atom is 0.247 e. The lowest BCUT2D eigenvalue weighted by atomic mass is 10.1. The number of likely N-dealkylation sites (tertiary alicyclic amines) is 1. The van der Waals surface area contributed by atoms with Gasteiger partial charge in [-0.2, -0.15) is 0 Å². The second-order valence-electron chi connectivity index (χ2n) is 5.62. The summed E-state index contributed by atoms with van der Waals surface area (Å²) in [5, 5.41) is 2.96. The van der Waals surface area contributed by atoms with E-state index in [9.17, 15) is 9.18 Å². The number of nitrogens with zero attached hydrogens (tertiary/aromatic N) is 3. The summed E-state index contributed by atoms with van der Waals surface area (Å²) in [4.78, 5) is 22.9. The predicted molar refractivity (Wildman–Crippen MR) is 90.7 cm³/mol. The smallest absolute Gasteiger partial charge is 0.247 e. The quantitative estimate of drug-likeness (QED) is 0.878. The summed E-state index contributed by atoms with van der Waals surface area (Å²) < 4.78 is 13.6. The lowest BCUT2D eigenvalue weighted by Gasteiger charge is -2.23. The molecule has 2 aromatic rings. The van der Waals surface area contributed by atoms with Gasteiger partial charge in [0.25, 0.3) is 0 Å². The lowest BCUT2D eigenvalue weighted by molar-refractivity contribution is -0.126. The first-order valence-electron chi connectivity index (χ1n) is 7.92. The highest BCUT2D eigenvalue weighted by atomic mass is 19.1. The maximum absolute atomic E-state index is 13.6. The molecule has 1 aliphatic rings. The first kappa shape index (κ1) is 16.1. The Morgan fingerprint density at radius 1 is 1.38 bits per heavy atom. The number of carbonyl (C=O) groups is 1. The minimum absolute atomic E-state index is 0.0939. The highest BCUT2D eigenvalue weighted by molar-refractivity contribution is 5.92. The van der Waals surface area contributed by atoms with Crippen molar-refractivity contribution in [2.45, 2.75) is 18.9 Å². The number of nitrogens with one attached hydrogen (secondary N) is 1. The van der Waals surface area contributed by atoms with Crippen LogP contribution in [-0.2, 0) is 4.79 Å². The standard InChI is InChI=1S/C18H19FN4O/c1-20-17-12-21-11-15(22-17)16-7-4-10-23(16)18(24)9-8-13-5-2-3-6-14(13)19/h2-3,5-6,8-9,11-12,16H,4,7,10H2,1H3,(H,20,22)/b9-8+/t16-/m0/s1. The SMILES string of the molecule is CNc1cncc([C@@H]2CCCN2C(=O)/C=C/c2ccccc2F)n1. The Hall–Kier alpha value is -2.76. The molecule has 1 fully saturated rings. The second kappa shape index (κ2) is 7.21. The molecule has 1 amide bonds. The zero-order valence-electron chi connectivity index (χ0n) is 13.4. The molecule has 1 atom stereocenters. The monoisotopic (exact) mass is 326 g/mol. The van der Waals surface area contributed by atoms with Gasteiger partial charge in [-0.25, -0.2) is 9.37 Å². The third-order valence-corrected chi connectivity index (χ3v) is 4.10. The molecule has 1 N–H and O–H groups in total. The maximum atomic E-state index is 13.6. The van der Waals surface area contributed by atoms with E-state index in [1.807, 2.05) is 0 Å². The third-order valence-electron chi connectivity index (χ3n) is 4.10. The highest BCUT2D eigenvalue weighted by Crippen LogP contribution is 2.31. The Bertz CT molecular complexity index is 762. The summed E-state index contributed by atoms with van der Waals surface area (Å²) in [5.41, 5.74) is 1.17. The zero-order valence-corrected chi connectivity index (χ0v) is 13.4. The number of anilines is 1. The lowest BCUT2D eigenvalue weighted by Crippen LogP contribution is -2.29. The first-order chi connectivity index (χ1) is 11.7. The molecule has 5 nitrogen and oxygen atoms in total. The molecule has 1 saturated heterocycles. The van der Waals surface area contributed by atoms with Crippen LogP contribution in [0.15, 0.2) is 42.7 Å². The van der Waals surface area contributed by atoms with Gasteiger partial charge < -0.3 is 10.2 Å². The van der Waals surface area contributed by atoms with Gasteiger partial charge in [-0.05, 0) is 25.0 Å². The predicted octanol–water partition coefficient (Wildman–Crippen LogP) is 3.03. The van der Waals surface area contributed by atoms with Crippen molar-refractivity contribution in [2.24, 2.45) is 0 Å². The number of rotatable bonds is 4. The van der Waals surface area contributed by atoms with Crippen LogP contribution in [0.1, 0.15) is 30.1 Å². The van der Waals surface area contributed by atoms with Crippen LogP contribution in [0, 0.1) is 5.82 Å². The minimum Gasteiger partial charge on any atom is -0.372 e. The molecule has 24 heavy (non-hydrogen) atoms. The Balaban J connectivity index is 1.77. The third kappa shape index (κ3) is 3.42. The molecule has 1 aliphatic heterocycles. The molecule has 124 valence electrons. The second-order valence-corrected chi connectivity index (χ2v) is 5.62. The van der Waals surface area contributed by atoms with Crippen molar-refractivity contribution in [2.75, 3.05) is 18.9 Å². The molecule has 0 aliphatic carbocycles. The summed E-state index contributed by atoms with van der Waals surface area (Å²) >= 11 is 0. The molecule has 0 saturated carbocycles. The number of carbonyl (C=O) groups excluding carboxylic acids is 1. The van der Waals surface area contributed by atoms with Crippen LogP contribution in [0.2, 0.25) is 0 Å². The van der Waals surface area contributed by atoms with Gasteiger partial charge in [0.2, 0.25) is 5.91 Å². The number of aromatic nitrogens is 2. The normalized spacial score (nSPS) is 17.4. The van der Waals surface area contributed by atoms with Gasteiger partial charge >= 0.3 is 0 Å². The van der Waals surface area contributed by atoms with Crippen molar-refractivity contribution in [3.63, 3.8) is 0 Å². The van der Waals surface area contributed by atoms with Crippen LogP contribution in [0.4, 0.5) is 10.2 Å². The Kier molecular flexibility index (Phi) is 4.84. The number of amides is 1. The van der Waals surface area contributed by atoms with Crippen molar-refractivity contribution < 1.29 is 9.18 Å². The van der Waals surface area contributed by atoms with Crippen molar-refractivity contribution in [3.05, 3.63) is 59.8 Å². The summed E-state index contributed by atoms with van der Waals surface area (Å²) in [6, 6.07) is 6.29. The first-order valence-corrected chi connectivity index (χ1v) is 7.92. The zero-order chi connectivity index (χ0) is 16.9. The Morgan fingerprint density at radius 2 is 2.21 bits per heavy atom. The van der Waals surface area contributed by atoms with Crippen molar-refractivity contribution in [1.29, 1.82) is 0 Å². The molecule has 1 aromatic carbocycles. The number of halogens is 1. The number of benzene rings is 1. The van der Waals surface area contributed by atoms with E-state index in [0.717, 1.165) is 18.5 Å². The molecule has 1 aromatic heterocycles. The Labute approximate surface area is 140 Å². The van der Waals surface area contributed by atoms with Crippen molar-refractivity contribution in [1.82, 2.24) is 14.9 Å². The fraction of sp³-hybridized carbons (Fsp3) is 0.278. The van der Waals surface area contributed by atoms with Crippen LogP contribution in [0.5, 0.6) is 0 Å². The van der Waals surface area contributed by atoms with Gasteiger partial charge in [0.15, 0.2) is 0 Å². The van der Waals surface area contributed by atoms with Crippen molar-refractivity contribution in [3.8, 4) is 0 Å². The molecule has 6 heteroatoms. The van der Waals surface area contributed by atoms with Crippen LogP contribution in [-0.4, -0.2) is 34.4 Å².